The van der Waals surface area contributed by atoms with Crippen LogP contribution in [0.15, 0.2) is 30.3 Å². The van der Waals surface area contributed by atoms with E-state index in [9.17, 15) is 9.59 Å². The van der Waals surface area contributed by atoms with E-state index in [-0.39, 0.29) is 18.6 Å². The number of hydrogen-bond acceptors (Lipinski definition) is 4. The molecule has 0 saturated heterocycles. The number of ketones is 1. The molecule has 104 valence electrons. The fraction of sp³-hybridized carbons (Fsp3) is 0.429. The van der Waals surface area contributed by atoms with Crippen molar-refractivity contribution in [1.82, 2.24) is 0 Å². The Bertz CT molecular complexity index is 443. The number of nitrogens with two attached hydrogens (primary N) is 2. The third-order valence-electron chi connectivity index (χ3n) is 3.26. The summed E-state index contributed by atoms with van der Waals surface area (Å²) in [7, 11) is 0. The van der Waals surface area contributed by atoms with Gasteiger partial charge in [0.05, 0.1) is 0 Å². The first-order valence-electron chi connectivity index (χ1n) is 6.24. The highest BCUT2D eigenvalue weighted by Crippen LogP contribution is 2.19. The molecule has 0 spiro atoms. The predicted molar refractivity (Wildman–Crippen MR) is 72.3 cm³/mol. The van der Waals surface area contributed by atoms with Gasteiger partial charge >= 0.3 is 5.97 Å². The van der Waals surface area contributed by atoms with Crippen molar-refractivity contribution in [3.8, 4) is 0 Å². The summed E-state index contributed by atoms with van der Waals surface area (Å²) < 4.78 is 0. The molecule has 0 saturated carbocycles. The Morgan fingerprint density at radius 2 is 1.84 bits per heavy atom. The van der Waals surface area contributed by atoms with Crippen LogP contribution in [0.25, 0.3) is 0 Å². The summed E-state index contributed by atoms with van der Waals surface area (Å²) in [5.41, 5.74) is 10.2. The molecule has 0 aliphatic heterocycles. The Morgan fingerprint density at radius 3 is 2.32 bits per heavy atom. The van der Waals surface area contributed by atoms with Crippen LogP contribution in [0, 0.1) is 5.92 Å². The van der Waals surface area contributed by atoms with Crippen LogP contribution in [-0.2, 0) is 16.0 Å². The lowest BCUT2D eigenvalue weighted by atomic mass is 9.86. The molecule has 0 amide bonds. The first-order valence-corrected chi connectivity index (χ1v) is 6.24. The molecule has 0 radical (unpaired) electrons. The number of Topliss-reactive ketones (excluding diaryl/α,β-unsaturated/α-hetero) is 1. The van der Waals surface area contributed by atoms with Crippen LogP contribution >= 0.6 is 0 Å². The molecule has 5 nitrogen and oxygen atoms in total. The lowest BCUT2D eigenvalue weighted by Gasteiger charge is -2.28. The van der Waals surface area contributed by atoms with Crippen molar-refractivity contribution in [3.05, 3.63) is 35.9 Å². The van der Waals surface area contributed by atoms with E-state index < -0.39 is 17.6 Å². The number of benzene rings is 1. The predicted octanol–water partition coefficient (Wildman–Crippen LogP) is 0.913. The van der Waals surface area contributed by atoms with Crippen LogP contribution in [-0.4, -0.2) is 22.5 Å². The van der Waals surface area contributed by atoms with E-state index in [1.54, 1.807) is 6.92 Å². The molecule has 1 rings (SSSR count). The van der Waals surface area contributed by atoms with Crippen molar-refractivity contribution >= 4 is 11.8 Å². The highest BCUT2D eigenvalue weighted by molar-refractivity contribution is 5.83. The number of carbonyl (C=O) groups excluding carboxylic acids is 1. The Balaban J connectivity index is 2.67. The highest BCUT2D eigenvalue weighted by Gasteiger charge is 2.38. The van der Waals surface area contributed by atoms with Crippen LogP contribution in [0.5, 0.6) is 0 Å². The maximum absolute atomic E-state index is 11.9. The number of carboxylic acids is 1. The van der Waals surface area contributed by atoms with Crippen molar-refractivity contribution in [3.63, 3.8) is 0 Å². The standard InChI is InChI=1S/C14H20N2O3/c1-2-11(14(15,16)13(18)19)9-12(17)8-10-6-4-3-5-7-10/h3-7,11H,2,8-9,15-16H2,1H3,(H,18,19)/t11-/m0/s1. The van der Waals surface area contributed by atoms with Gasteiger partial charge in [-0.15, -0.1) is 0 Å². The molecule has 0 heterocycles. The van der Waals surface area contributed by atoms with Crippen molar-refractivity contribution in [2.45, 2.75) is 31.8 Å². The lowest BCUT2D eigenvalue weighted by molar-refractivity contribution is -0.145. The molecule has 1 atom stereocenters. The highest BCUT2D eigenvalue weighted by atomic mass is 16.4. The third kappa shape index (κ3) is 4.15. The zero-order chi connectivity index (χ0) is 14.5. The smallest absolute Gasteiger partial charge is 0.338 e. The summed E-state index contributed by atoms with van der Waals surface area (Å²) in [5.74, 6) is -1.91. The summed E-state index contributed by atoms with van der Waals surface area (Å²) >= 11 is 0. The minimum absolute atomic E-state index is 0.0559. The average molecular weight is 264 g/mol. The molecular formula is C14H20N2O3. The molecule has 0 aliphatic rings. The molecule has 0 fully saturated rings. The molecular weight excluding hydrogens is 244 g/mol. The Hall–Kier alpha value is -1.72. The number of carboxylic acid groups (broad SMARTS) is 1. The minimum Gasteiger partial charge on any atom is -0.479 e. The quantitative estimate of drug-likeness (QED) is 0.635. The zero-order valence-electron chi connectivity index (χ0n) is 11.0. The molecule has 0 aromatic heterocycles. The van der Waals surface area contributed by atoms with Gasteiger partial charge in [0, 0.05) is 18.8 Å². The van der Waals surface area contributed by atoms with Crippen molar-refractivity contribution < 1.29 is 14.7 Å². The summed E-state index contributed by atoms with van der Waals surface area (Å²) in [6.07, 6.45) is 0.789. The SMILES string of the molecule is CC[C@@H](CC(=O)Cc1ccccc1)C(N)(N)C(=O)O. The van der Waals surface area contributed by atoms with Gasteiger partial charge < -0.3 is 16.6 Å². The van der Waals surface area contributed by atoms with Gasteiger partial charge in [0.2, 0.25) is 0 Å². The number of rotatable bonds is 7. The van der Waals surface area contributed by atoms with Gasteiger partial charge in [-0.1, -0.05) is 37.3 Å². The second kappa shape index (κ2) is 6.45. The Morgan fingerprint density at radius 1 is 1.26 bits per heavy atom. The van der Waals surface area contributed by atoms with Crippen LogP contribution in [0.3, 0.4) is 0 Å². The first kappa shape index (κ1) is 15.3. The number of carbonyl (C=O) groups is 2. The third-order valence-corrected chi connectivity index (χ3v) is 3.26. The normalized spacial score (nSPS) is 13.0. The maximum atomic E-state index is 11.9. The van der Waals surface area contributed by atoms with E-state index in [1.165, 1.54) is 0 Å². The first-order chi connectivity index (χ1) is 8.87. The van der Waals surface area contributed by atoms with Gasteiger partial charge in [0.25, 0.3) is 0 Å². The minimum atomic E-state index is -1.86. The topological polar surface area (TPSA) is 106 Å². The van der Waals surface area contributed by atoms with Gasteiger partial charge in [-0.2, -0.15) is 0 Å². The molecule has 0 unspecified atom stereocenters. The van der Waals surface area contributed by atoms with E-state index >= 15 is 0 Å². The molecule has 0 bridgehead atoms. The molecule has 0 aliphatic carbocycles. The van der Waals surface area contributed by atoms with E-state index in [2.05, 4.69) is 0 Å². The van der Waals surface area contributed by atoms with Crippen LogP contribution < -0.4 is 11.5 Å². The number of aliphatic carboxylic acids is 1. The Labute approximate surface area is 112 Å². The van der Waals surface area contributed by atoms with Crippen LogP contribution in [0.4, 0.5) is 0 Å². The van der Waals surface area contributed by atoms with Crippen LogP contribution in [0.2, 0.25) is 0 Å². The molecule has 5 heteroatoms. The van der Waals surface area contributed by atoms with E-state index in [0.29, 0.717) is 6.42 Å². The monoisotopic (exact) mass is 264 g/mol. The average Bonchev–Trinajstić information content (AvgIpc) is 2.36. The van der Waals surface area contributed by atoms with Gasteiger partial charge in [0.15, 0.2) is 5.66 Å². The maximum Gasteiger partial charge on any atom is 0.338 e. The van der Waals surface area contributed by atoms with Crippen LogP contribution in [0.1, 0.15) is 25.3 Å². The van der Waals surface area contributed by atoms with Crippen molar-refractivity contribution in [2.24, 2.45) is 17.4 Å². The number of hydrogen-bond donors (Lipinski definition) is 3. The van der Waals surface area contributed by atoms with E-state index in [0.717, 1.165) is 5.56 Å². The van der Waals surface area contributed by atoms with E-state index in [1.807, 2.05) is 30.3 Å². The molecule has 1 aromatic carbocycles. The second-order valence-corrected chi connectivity index (χ2v) is 4.75. The summed E-state index contributed by atoms with van der Waals surface area (Å²) in [6, 6.07) is 9.29. The summed E-state index contributed by atoms with van der Waals surface area (Å²) in [5, 5.41) is 8.98. The van der Waals surface area contributed by atoms with Crippen molar-refractivity contribution in [2.75, 3.05) is 0 Å². The van der Waals surface area contributed by atoms with Gasteiger partial charge in [0.1, 0.15) is 5.78 Å². The fourth-order valence-electron chi connectivity index (χ4n) is 2.00. The van der Waals surface area contributed by atoms with Gasteiger partial charge in [-0.3, -0.25) is 4.79 Å². The molecule has 1 aromatic rings. The zero-order valence-corrected chi connectivity index (χ0v) is 11.0. The molecule has 19 heavy (non-hydrogen) atoms. The van der Waals surface area contributed by atoms with Gasteiger partial charge in [-0.05, 0) is 12.0 Å². The van der Waals surface area contributed by atoms with E-state index in [4.69, 9.17) is 16.6 Å². The summed E-state index contributed by atoms with van der Waals surface area (Å²) in [4.78, 5) is 22.9. The largest absolute Gasteiger partial charge is 0.479 e. The molecule has 5 N–H and O–H groups in total. The van der Waals surface area contributed by atoms with Gasteiger partial charge in [-0.25, -0.2) is 4.79 Å². The lowest BCUT2D eigenvalue weighted by Crippen LogP contribution is -2.62. The van der Waals surface area contributed by atoms with Crippen molar-refractivity contribution in [1.29, 1.82) is 0 Å². The second-order valence-electron chi connectivity index (χ2n) is 4.75. The fourth-order valence-corrected chi connectivity index (χ4v) is 2.00. The summed E-state index contributed by atoms with van der Waals surface area (Å²) in [6.45, 7) is 1.78. The Kier molecular flexibility index (Phi) is 5.20.